The third-order valence-electron chi connectivity index (χ3n) is 3.48. The van der Waals surface area contributed by atoms with Gasteiger partial charge in [0.25, 0.3) is 5.91 Å². The summed E-state index contributed by atoms with van der Waals surface area (Å²) in [6, 6.07) is 12.1. The molecule has 1 heterocycles. The highest BCUT2D eigenvalue weighted by Gasteiger charge is 2.15. The van der Waals surface area contributed by atoms with E-state index in [1.807, 2.05) is 0 Å². The number of carbonyl (C=O) groups excluding carboxylic acids is 2. The number of thioether (sulfide) groups is 1. The zero-order chi connectivity index (χ0) is 20.8. The molecule has 3 aromatic rings. The van der Waals surface area contributed by atoms with Crippen molar-refractivity contribution in [3.05, 3.63) is 57.5 Å². The Hall–Kier alpha value is -2.14. The highest BCUT2D eigenvalue weighted by molar-refractivity contribution is 9.10. The summed E-state index contributed by atoms with van der Waals surface area (Å²) in [6.45, 7) is 0. The molecule has 3 rings (SSSR count). The molecule has 0 radical (unpaired) electrons. The number of rotatable bonds is 7. The van der Waals surface area contributed by atoms with Gasteiger partial charge in [0.15, 0.2) is 4.34 Å². The van der Waals surface area contributed by atoms with Gasteiger partial charge in [0.05, 0.1) is 23.4 Å². The van der Waals surface area contributed by atoms with Crippen molar-refractivity contribution in [2.75, 3.05) is 23.5 Å². The van der Waals surface area contributed by atoms with Crippen molar-refractivity contribution >= 4 is 73.3 Å². The van der Waals surface area contributed by atoms with E-state index in [2.05, 4.69) is 36.8 Å². The molecule has 2 aromatic carbocycles. The van der Waals surface area contributed by atoms with E-state index in [-0.39, 0.29) is 17.6 Å². The normalized spacial score (nSPS) is 10.4. The van der Waals surface area contributed by atoms with Gasteiger partial charge in [0.1, 0.15) is 5.75 Å². The summed E-state index contributed by atoms with van der Waals surface area (Å²) in [4.78, 5) is 24.5. The summed E-state index contributed by atoms with van der Waals surface area (Å²) in [5, 5.41) is 14.0. The summed E-state index contributed by atoms with van der Waals surface area (Å²) in [6.07, 6.45) is 0. The smallest absolute Gasteiger partial charge is 0.259 e. The number of benzene rings is 2. The summed E-state index contributed by atoms with van der Waals surface area (Å²) in [5.41, 5.74) is 0.967. The molecule has 0 fully saturated rings. The number of carbonyl (C=O) groups is 2. The number of nitrogens with one attached hydrogen (secondary N) is 2. The molecule has 0 spiro atoms. The summed E-state index contributed by atoms with van der Waals surface area (Å²) < 4.78 is 6.42. The number of ether oxygens (including phenoxy) is 1. The van der Waals surface area contributed by atoms with E-state index in [0.717, 1.165) is 4.47 Å². The Kier molecular flexibility index (Phi) is 7.48. The van der Waals surface area contributed by atoms with E-state index in [4.69, 9.17) is 16.3 Å². The maximum Gasteiger partial charge on any atom is 0.259 e. The monoisotopic (exact) mass is 512 g/mol. The number of hydrogen-bond donors (Lipinski definition) is 2. The Bertz CT molecular complexity index is 1050. The summed E-state index contributed by atoms with van der Waals surface area (Å²) in [7, 11) is 1.56. The number of nitrogens with zero attached hydrogens (tertiary/aromatic N) is 2. The molecule has 0 aliphatic heterocycles. The van der Waals surface area contributed by atoms with E-state index >= 15 is 0 Å². The predicted molar refractivity (Wildman–Crippen MR) is 119 cm³/mol. The van der Waals surface area contributed by atoms with Crippen LogP contribution in [-0.2, 0) is 4.79 Å². The van der Waals surface area contributed by atoms with E-state index in [1.165, 1.54) is 23.1 Å². The van der Waals surface area contributed by atoms with Crippen LogP contribution in [0.2, 0.25) is 5.02 Å². The molecule has 11 heteroatoms. The molecule has 0 bridgehead atoms. The lowest BCUT2D eigenvalue weighted by Crippen LogP contribution is -2.13. The predicted octanol–water partition coefficient (Wildman–Crippen LogP) is 4.95. The molecule has 0 aliphatic carbocycles. The van der Waals surface area contributed by atoms with Crippen LogP contribution in [0.3, 0.4) is 0 Å². The number of anilines is 2. The van der Waals surface area contributed by atoms with Crippen molar-refractivity contribution in [3.8, 4) is 5.75 Å². The first-order chi connectivity index (χ1) is 13.9. The highest BCUT2D eigenvalue weighted by Crippen LogP contribution is 2.27. The Morgan fingerprint density at radius 2 is 2.03 bits per heavy atom. The minimum absolute atomic E-state index is 0.150. The van der Waals surface area contributed by atoms with Crippen molar-refractivity contribution in [1.82, 2.24) is 10.2 Å². The van der Waals surface area contributed by atoms with Crippen LogP contribution in [0.4, 0.5) is 10.8 Å². The summed E-state index contributed by atoms with van der Waals surface area (Å²) >= 11 is 11.8. The van der Waals surface area contributed by atoms with E-state index in [1.54, 1.807) is 49.6 Å². The second-order valence-corrected chi connectivity index (χ2v) is 9.04. The lowest BCUT2D eigenvalue weighted by atomic mass is 10.2. The molecule has 0 unspecified atom stereocenters. The maximum absolute atomic E-state index is 12.4. The van der Waals surface area contributed by atoms with Gasteiger partial charge in [-0.2, -0.15) is 0 Å². The Morgan fingerprint density at radius 1 is 1.21 bits per heavy atom. The fraction of sp³-hybridized carbons (Fsp3) is 0.111. The number of amides is 2. The Morgan fingerprint density at radius 3 is 2.83 bits per heavy atom. The van der Waals surface area contributed by atoms with Gasteiger partial charge in [-0.15, -0.1) is 10.2 Å². The van der Waals surface area contributed by atoms with Gasteiger partial charge in [0, 0.05) is 16.2 Å². The topological polar surface area (TPSA) is 93.2 Å². The van der Waals surface area contributed by atoms with Gasteiger partial charge in [0.2, 0.25) is 11.0 Å². The SMILES string of the molecule is COc1cccc(NC(=O)CSc2nnc(NC(=O)c3cc(Br)ccc3Cl)s2)c1. The van der Waals surface area contributed by atoms with Crippen LogP contribution in [0.1, 0.15) is 10.4 Å². The van der Waals surface area contributed by atoms with Gasteiger partial charge < -0.3 is 10.1 Å². The van der Waals surface area contributed by atoms with Crippen LogP contribution in [0.5, 0.6) is 5.75 Å². The van der Waals surface area contributed by atoms with Gasteiger partial charge >= 0.3 is 0 Å². The van der Waals surface area contributed by atoms with Gasteiger partial charge in [-0.25, -0.2) is 0 Å². The zero-order valence-corrected chi connectivity index (χ0v) is 18.9. The van der Waals surface area contributed by atoms with E-state index in [0.29, 0.717) is 31.5 Å². The molecule has 0 saturated heterocycles. The minimum atomic E-state index is -0.389. The quantitative estimate of drug-likeness (QED) is 0.343. The van der Waals surface area contributed by atoms with Crippen LogP contribution in [-0.4, -0.2) is 34.9 Å². The van der Waals surface area contributed by atoms with Crippen molar-refractivity contribution in [1.29, 1.82) is 0 Å². The van der Waals surface area contributed by atoms with Gasteiger partial charge in [-0.05, 0) is 30.3 Å². The van der Waals surface area contributed by atoms with Crippen LogP contribution in [0.15, 0.2) is 51.3 Å². The Labute approximate surface area is 188 Å². The van der Waals surface area contributed by atoms with Crippen molar-refractivity contribution < 1.29 is 14.3 Å². The zero-order valence-electron chi connectivity index (χ0n) is 14.9. The first-order valence-electron chi connectivity index (χ1n) is 8.11. The fourth-order valence-electron chi connectivity index (χ4n) is 2.18. The lowest BCUT2D eigenvalue weighted by molar-refractivity contribution is -0.113. The molecule has 2 N–H and O–H groups in total. The van der Waals surface area contributed by atoms with E-state index < -0.39 is 0 Å². The lowest BCUT2D eigenvalue weighted by Gasteiger charge is -2.06. The third kappa shape index (κ3) is 6.17. The van der Waals surface area contributed by atoms with Gasteiger partial charge in [-0.3, -0.25) is 14.9 Å². The maximum atomic E-state index is 12.4. The number of aromatic nitrogens is 2. The standard InChI is InChI=1S/C18H14BrClN4O3S2/c1-27-12-4-2-3-11(8-12)21-15(25)9-28-18-24-23-17(29-18)22-16(26)13-7-10(19)5-6-14(13)20/h2-8H,9H2,1H3,(H,21,25)(H,22,23,26). The number of methoxy groups -OCH3 is 1. The molecular weight excluding hydrogens is 500 g/mol. The molecule has 7 nitrogen and oxygen atoms in total. The van der Waals surface area contributed by atoms with Crippen LogP contribution in [0.25, 0.3) is 0 Å². The number of hydrogen-bond acceptors (Lipinski definition) is 7. The highest BCUT2D eigenvalue weighted by atomic mass is 79.9. The van der Waals surface area contributed by atoms with Crippen LogP contribution in [0, 0.1) is 0 Å². The average molecular weight is 514 g/mol. The molecular formula is C18H14BrClN4O3S2. The van der Waals surface area contributed by atoms with Crippen LogP contribution < -0.4 is 15.4 Å². The summed E-state index contributed by atoms with van der Waals surface area (Å²) in [5.74, 6) is 0.229. The molecule has 2 amide bonds. The molecule has 150 valence electrons. The molecule has 29 heavy (non-hydrogen) atoms. The Balaban J connectivity index is 1.54. The van der Waals surface area contributed by atoms with Crippen molar-refractivity contribution in [2.45, 2.75) is 4.34 Å². The largest absolute Gasteiger partial charge is 0.497 e. The van der Waals surface area contributed by atoms with E-state index in [9.17, 15) is 9.59 Å². The average Bonchev–Trinajstić information content (AvgIpc) is 3.15. The van der Waals surface area contributed by atoms with Crippen LogP contribution >= 0.6 is 50.6 Å². The second-order valence-electron chi connectivity index (χ2n) is 5.52. The molecule has 0 saturated carbocycles. The van der Waals surface area contributed by atoms with Crippen molar-refractivity contribution in [2.24, 2.45) is 0 Å². The minimum Gasteiger partial charge on any atom is -0.497 e. The molecule has 0 atom stereocenters. The second kappa shape index (κ2) is 10.1. The molecule has 0 aliphatic rings. The van der Waals surface area contributed by atoms with Crippen molar-refractivity contribution in [3.63, 3.8) is 0 Å². The van der Waals surface area contributed by atoms with Gasteiger partial charge in [-0.1, -0.05) is 56.7 Å². The third-order valence-corrected chi connectivity index (χ3v) is 6.28. The first-order valence-corrected chi connectivity index (χ1v) is 11.1. The number of halogens is 2. The fourth-order valence-corrected chi connectivity index (χ4v) is 4.29. The first kappa shape index (κ1) is 21.6. The molecule has 1 aromatic heterocycles.